The highest BCUT2D eigenvalue weighted by molar-refractivity contribution is 7.92. The van der Waals surface area contributed by atoms with Gasteiger partial charge in [0.1, 0.15) is 0 Å². The zero-order valence-electron chi connectivity index (χ0n) is 23.7. The number of thiazole rings is 1. The Kier molecular flexibility index (Phi) is 11.1. The fourth-order valence-corrected chi connectivity index (χ4v) is 7.48. The molecule has 9 nitrogen and oxygen atoms in total. The van der Waals surface area contributed by atoms with Crippen molar-refractivity contribution >= 4 is 38.8 Å². The lowest BCUT2D eigenvalue weighted by Gasteiger charge is -2.26. The Labute approximate surface area is 247 Å². The van der Waals surface area contributed by atoms with Crippen LogP contribution in [0.5, 0.6) is 0 Å². The summed E-state index contributed by atoms with van der Waals surface area (Å²) in [6, 6.07) is 13.7. The molecule has 0 spiro atoms. The van der Waals surface area contributed by atoms with Crippen molar-refractivity contribution < 1.29 is 18.3 Å². The molecular formula is C30H41N5O4S2. The van der Waals surface area contributed by atoms with E-state index in [4.69, 9.17) is 5.73 Å². The molecule has 2 heterocycles. The molecule has 41 heavy (non-hydrogen) atoms. The van der Waals surface area contributed by atoms with E-state index in [9.17, 15) is 18.3 Å². The van der Waals surface area contributed by atoms with Gasteiger partial charge in [0.2, 0.25) is 0 Å². The van der Waals surface area contributed by atoms with E-state index in [1.807, 2.05) is 11.0 Å². The molecule has 0 bridgehead atoms. The minimum absolute atomic E-state index is 0.0549. The first-order valence-electron chi connectivity index (χ1n) is 14.4. The van der Waals surface area contributed by atoms with Gasteiger partial charge in [-0.3, -0.25) is 14.2 Å². The molecule has 222 valence electrons. The highest BCUT2D eigenvalue weighted by atomic mass is 32.2. The maximum atomic E-state index is 14.1. The number of unbranched alkanes of at least 4 members (excludes halogenated alkanes) is 5. The normalized spacial score (nSPS) is 14.6. The van der Waals surface area contributed by atoms with Crippen LogP contribution in [0.1, 0.15) is 62.0 Å². The van der Waals surface area contributed by atoms with Gasteiger partial charge in [-0.1, -0.05) is 57.2 Å². The Morgan fingerprint density at radius 1 is 1.07 bits per heavy atom. The van der Waals surface area contributed by atoms with Crippen molar-refractivity contribution in [2.45, 2.75) is 62.9 Å². The van der Waals surface area contributed by atoms with Crippen LogP contribution in [-0.4, -0.2) is 62.2 Å². The third kappa shape index (κ3) is 7.65. The first kappa shape index (κ1) is 31.0. The van der Waals surface area contributed by atoms with Gasteiger partial charge in [0, 0.05) is 51.0 Å². The number of aromatic nitrogens is 1. The number of aliphatic hydroxyl groups excluding tert-OH is 1. The lowest BCUT2D eigenvalue weighted by molar-refractivity contribution is 0.181. The Balaban J connectivity index is 1.60. The molecule has 1 saturated heterocycles. The van der Waals surface area contributed by atoms with Gasteiger partial charge >= 0.3 is 6.03 Å². The van der Waals surface area contributed by atoms with E-state index in [0.29, 0.717) is 34.9 Å². The Morgan fingerprint density at radius 2 is 1.83 bits per heavy atom. The van der Waals surface area contributed by atoms with Crippen molar-refractivity contribution in [1.29, 1.82) is 0 Å². The van der Waals surface area contributed by atoms with Crippen LogP contribution in [0.2, 0.25) is 0 Å². The largest absolute Gasteiger partial charge is 0.387 e. The van der Waals surface area contributed by atoms with Crippen LogP contribution in [0.4, 0.5) is 16.2 Å². The van der Waals surface area contributed by atoms with Crippen LogP contribution in [0.25, 0.3) is 0 Å². The number of hydrogen-bond donors (Lipinski definition) is 2. The van der Waals surface area contributed by atoms with Crippen molar-refractivity contribution in [3.63, 3.8) is 0 Å². The van der Waals surface area contributed by atoms with Crippen molar-refractivity contribution in [1.82, 2.24) is 9.88 Å². The zero-order chi connectivity index (χ0) is 29.2. The monoisotopic (exact) mass is 599 g/mol. The Morgan fingerprint density at radius 3 is 2.54 bits per heavy atom. The first-order valence-corrected chi connectivity index (χ1v) is 16.7. The number of nitrogens with two attached hydrogens (primary N) is 1. The van der Waals surface area contributed by atoms with Crippen LogP contribution in [-0.2, 0) is 16.4 Å². The van der Waals surface area contributed by atoms with E-state index in [-0.39, 0.29) is 30.4 Å². The van der Waals surface area contributed by atoms with Crippen molar-refractivity contribution in [2.75, 3.05) is 41.9 Å². The number of aliphatic hydroxyl groups is 1. The topological polar surface area (TPSA) is 120 Å². The van der Waals surface area contributed by atoms with Crippen LogP contribution in [0.3, 0.4) is 0 Å². The standard InChI is InChI=1S/C30H41N5O4S2/c1-2-3-4-5-6-10-16-33-18-19-34(30(33)37)26-13-14-29(24(20-26)21-27(36)28-22-32-23-40-28)41(38,39)35(17-15-31)25-11-8-7-9-12-25/h7-9,11-14,20,22-23,27,36H,2-6,10,15-19,21,31H2,1H3. The molecule has 0 saturated carbocycles. The molecule has 0 aliphatic carbocycles. The zero-order valence-corrected chi connectivity index (χ0v) is 25.3. The summed E-state index contributed by atoms with van der Waals surface area (Å²) < 4.78 is 29.4. The van der Waals surface area contributed by atoms with Gasteiger partial charge < -0.3 is 15.7 Å². The van der Waals surface area contributed by atoms with Crippen LogP contribution < -0.4 is 14.9 Å². The highest BCUT2D eigenvalue weighted by Crippen LogP contribution is 2.33. The molecule has 2 aromatic carbocycles. The lowest BCUT2D eigenvalue weighted by Crippen LogP contribution is -2.36. The molecule has 1 aliphatic rings. The number of benzene rings is 2. The second-order valence-electron chi connectivity index (χ2n) is 10.3. The minimum atomic E-state index is -4.03. The maximum Gasteiger partial charge on any atom is 0.324 e. The van der Waals surface area contributed by atoms with E-state index in [1.165, 1.54) is 41.3 Å². The predicted octanol–water partition coefficient (Wildman–Crippen LogP) is 5.18. The number of carbonyl (C=O) groups excluding carboxylic acids is 1. The Hall–Kier alpha value is -2.99. The van der Waals surface area contributed by atoms with E-state index < -0.39 is 16.1 Å². The summed E-state index contributed by atoms with van der Waals surface area (Å²) in [5.74, 6) is 0. The summed E-state index contributed by atoms with van der Waals surface area (Å²) in [6.45, 7) is 4.32. The lowest BCUT2D eigenvalue weighted by atomic mass is 10.1. The number of amides is 2. The quantitative estimate of drug-likeness (QED) is 0.219. The molecule has 0 radical (unpaired) electrons. The minimum Gasteiger partial charge on any atom is -0.387 e. The third-order valence-corrected chi connectivity index (χ3v) is 10.2. The fraction of sp³-hybridized carbons (Fsp3) is 0.467. The molecule has 1 aliphatic heterocycles. The predicted molar refractivity (Wildman–Crippen MR) is 165 cm³/mol. The fourth-order valence-electron chi connectivity index (χ4n) is 5.17. The van der Waals surface area contributed by atoms with E-state index in [2.05, 4.69) is 11.9 Å². The molecule has 4 rings (SSSR count). The van der Waals surface area contributed by atoms with E-state index in [1.54, 1.807) is 59.1 Å². The van der Waals surface area contributed by atoms with Crippen LogP contribution >= 0.6 is 11.3 Å². The van der Waals surface area contributed by atoms with Gasteiger partial charge in [-0.05, 0) is 42.3 Å². The Bertz CT molecular complexity index is 1350. The molecule has 1 atom stereocenters. The third-order valence-electron chi connectivity index (χ3n) is 7.37. The van der Waals surface area contributed by atoms with Gasteiger partial charge in [-0.2, -0.15) is 0 Å². The number of carbonyl (C=O) groups is 1. The summed E-state index contributed by atoms with van der Waals surface area (Å²) in [6.07, 6.45) is 7.66. The summed E-state index contributed by atoms with van der Waals surface area (Å²) in [5, 5.41) is 11.0. The van der Waals surface area contributed by atoms with Crippen LogP contribution in [0.15, 0.2) is 65.1 Å². The molecule has 1 unspecified atom stereocenters. The highest BCUT2D eigenvalue weighted by Gasteiger charge is 2.32. The summed E-state index contributed by atoms with van der Waals surface area (Å²) in [7, 11) is -4.03. The summed E-state index contributed by atoms with van der Waals surface area (Å²) in [4.78, 5) is 21.7. The molecule has 1 aromatic heterocycles. The first-order chi connectivity index (χ1) is 19.9. The van der Waals surface area contributed by atoms with Gasteiger partial charge in [-0.15, -0.1) is 11.3 Å². The molecule has 11 heteroatoms. The number of anilines is 2. The molecular weight excluding hydrogens is 558 g/mol. The molecule has 3 N–H and O–H groups in total. The number of urea groups is 1. The van der Waals surface area contributed by atoms with Crippen LogP contribution in [0, 0.1) is 0 Å². The smallest absolute Gasteiger partial charge is 0.324 e. The van der Waals surface area contributed by atoms with Crippen molar-refractivity contribution in [2.24, 2.45) is 5.73 Å². The van der Waals surface area contributed by atoms with E-state index in [0.717, 1.165) is 19.4 Å². The number of nitrogens with zero attached hydrogens (tertiary/aromatic N) is 4. The van der Waals surface area contributed by atoms with Gasteiger partial charge in [0.15, 0.2) is 0 Å². The molecule has 3 aromatic rings. The second kappa shape index (κ2) is 14.8. The SMILES string of the molecule is CCCCCCCCN1CCN(c2ccc(S(=O)(=O)N(CCN)c3ccccc3)c(CC(O)c3cncs3)c2)C1=O. The van der Waals surface area contributed by atoms with Gasteiger partial charge in [0.05, 0.1) is 27.1 Å². The number of sulfonamides is 1. The molecule has 1 fully saturated rings. The van der Waals surface area contributed by atoms with E-state index >= 15 is 0 Å². The number of rotatable bonds is 16. The van der Waals surface area contributed by atoms with Crippen molar-refractivity contribution in [3.8, 4) is 0 Å². The summed E-state index contributed by atoms with van der Waals surface area (Å²) in [5.41, 5.74) is 9.02. The summed E-state index contributed by atoms with van der Waals surface area (Å²) >= 11 is 1.31. The number of para-hydroxylation sites is 1. The van der Waals surface area contributed by atoms with Gasteiger partial charge in [-0.25, -0.2) is 13.2 Å². The average Bonchev–Trinajstić information content (AvgIpc) is 3.64. The second-order valence-corrected chi connectivity index (χ2v) is 13.1. The average molecular weight is 600 g/mol. The van der Waals surface area contributed by atoms with Gasteiger partial charge in [0.25, 0.3) is 10.0 Å². The maximum absolute atomic E-state index is 14.1. The molecule has 2 amide bonds. The number of hydrogen-bond acceptors (Lipinski definition) is 7. The van der Waals surface area contributed by atoms with Crippen molar-refractivity contribution in [3.05, 3.63) is 70.7 Å².